The van der Waals surface area contributed by atoms with Crippen molar-refractivity contribution in [2.24, 2.45) is 12.5 Å². The van der Waals surface area contributed by atoms with E-state index in [9.17, 15) is 14.9 Å². The van der Waals surface area contributed by atoms with Crippen LogP contribution in [-0.4, -0.2) is 116 Å². The summed E-state index contributed by atoms with van der Waals surface area (Å²) < 4.78 is 15.8. The molecule has 4 fully saturated rings. The van der Waals surface area contributed by atoms with Crippen molar-refractivity contribution in [3.63, 3.8) is 0 Å². The van der Waals surface area contributed by atoms with Crippen molar-refractivity contribution >= 4 is 29.1 Å². The van der Waals surface area contributed by atoms with Crippen LogP contribution < -0.4 is 24.6 Å². The summed E-state index contributed by atoms with van der Waals surface area (Å²) in [5.74, 6) is 3.01. The van der Waals surface area contributed by atoms with E-state index in [4.69, 9.17) is 14.6 Å². The third-order valence-corrected chi connectivity index (χ3v) is 16.6. The van der Waals surface area contributed by atoms with Crippen molar-refractivity contribution in [2.75, 3.05) is 56.2 Å². The summed E-state index contributed by atoms with van der Waals surface area (Å²) in [4.78, 5) is 35.5. The molecule has 4 aliphatic heterocycles. The SMILES string of the molecule is COc1cc(OC2CCC(NC(=O)c3ccc(N4CC5(CCC(N6CCC(n7nc(N8CCCc9cc(-c%10cnn(C)c%10)c(C)cc98)c8c7CCN(C(C)=O)C8)CC6)CC5)C4)nn3)CC2)ccc1C#N. The lowest BCUT2D eigenvalue weighted by molar-refractivity contribution is -0.129. The van der Waals surface area contributed by atoms with E-state index in [-0.39, 0.29) is 24.0 Å². The van der Waals surface area contributed by atoms with Crippen LogP contribution in [0, 0.1) is 23.7 Å². The number of piperidine rings is 1. The van der Waals surface area contributed by atoms with Crippen LogP contribution in [-0.2, 0) is 31.2 Å². The number of hydrogen-bond acceptors (Lipinski definition) is 12. The second-order valence-corrected chi connectivity index (χ2v) is 21.0. The second-order valence-electron chi connectivity index (χ2n) is 21.0. The van der Waals surface area contributed by atoms with E-state index in [2.05, 4.69) is 71.3 Å². The first kappa shape index (κ1) is 45.9. The van der Waals surface area contributed by atoms with Gasteiger partial charge in [0.05, 0.1) is 37.6 Å². The summed E-state index contributed by atoms with van der Waals surface area (Å²) >= 11 is 0. The molecule has 0 bridgehead atoms. The first-order valence-corrected chi connectivity index (χ1v) is 25.7. The smallest absolute Gasteiger partial charge is 0.272 e. The normalized spacial score (nSPS) is 21.7. The van der Waals surface area contributed by atoms with Crippen LogP contribution in [0.3, 0.4) is 0 Å². The number of aryl methyl sites for hydroxylation is 3. The van der Waals surface area contributed by atoms with Crippen LogP contribution in [0.1, 0.15) is 122 Å². The van der Waals surface area contributed by atoms with Gasteiger partial charge in [-0.1, -0.05) is 0 Å². The lowest BCUT2D eigenvalue weighted by Gasteiger charge is -2.55. The highest BCUT2D eigenvalue weighted by Crippen LogP contribution is 2.47. The Labute approximate surface area is 410 Å². The zero-order valence-electron chi connectivity index (χ0n) is 41.2. The molecule has 2 aromatic carbocycles. The number of fused-ring (bicyclic) bond motifs is 2. The Hall–Kier alpha value is -6.47. The number of aromatic nitrogens is 6. The molecule has 2 saturated heterocycles. The van der Waals surface area contributed by atoms with Gasteiger partial charge >= 0.3 is 0 Å². The quantitative estimate of drug-likeness (QED) is 0.147. The lowest BCUT2D eigenvalue weighted by Crippen LogP contribution is -2.59. The maximum atomic E-state index is 13.2. The summed E-state index contributed by atoms with van der Waals surface area (Å²) in [5.41, 5.74) is 9.91. The molecule has 1 N–H and O–H groups in total. The molecule has 0 radical (unpaired) electrons. The van der Waals surface area contributed by atoms with Gasteiger partial charge in [-0.3, -0.25) is 19.0 Å². The molecule has 7 heterocycles. The van der Waals surface area contributed by atoms with Gasteiger partial charge in [-0.25, -0.2) is 0 Å². The molecule has 366 valence electrons. The maximum Gasteiger partial charge on any atom is 0.272 e. The Morgan fingerprint density at radius 3 is 2.40 bits per heavy atom. The highest BCUT2D eigenvalue weighted by Gasteiger charge is 2.47. The fraction of sp³-hybridized carbons (Fsp3) is 0.537. The van der Waals surface area contributed by atoms with Crippen LogP contribution in [0.5, 0.6) is 11.5 Å². The molecule has 3 aromatic heterocycles. The minimum Gasteiger partial charge on any atom is -0.495 e. The van der Waals surface area contributed by atoms with Crippen LogP contribution in [0.15, 0.2) is 54.9 Å². The van der Waals surface area contributed by atoms with Crippen LogP contribution in [0.25, 0.3) is 11.1 Å². The van der Waals surface area contributed by atoms with Crippen LogP contribution in [0.2, 0.25) is 0 Å². The van der Waals surface area contributed by atoms with E-state index in [0.717, 1.165) is 114 Å². The average Bonchev–Trinajstić information content (AvgIpc) is 3.99. The molecule has 0 unspecified atom stereocenters. The van der Waals surface area contributed by atoms with E-state index in [0.29, 0.717) is 46.8 Å². The number of ether oxygens (including phenoxy) is 2. The summed E-state index contributed by atoms with van der Waals surface area (Å²) in [6, 6.07) is 16.9. The number of methoxy groups -OCH3 is 1. The molecule has 2 saturated carbocycles. The number of nitriles is 1. The molecule has 16 nitrogen and oxygen atoms in total. The molecule has 0 atom stereocenters. The number of carbonyl (C=O) groups is 2. The zero-order valence-corrected chi connectivity index (χ0v) is 41.2. The van der Waals surface area contributed by atoms with Crippen molar-refractivity contribution in [3.8, 4) is 28.7 Å². The summed E-state index contributed by atoms with van der Waals surface area (Å²) in [5, 5.41) is 31.3. The predicted molar refractivity (Wildman–Crippen MR) is 266 cm³/mol. The molecule has 5 aromatic rings. The third kappa shape index (κ3) is 8.97. The Balaban J connectivity index is 0.663. The molecule has 2 amide bonds. The van der Waals surface area contributed by atoms with Crippen molar-refractivity contribution in [1.29, 1.82) is 5.26 Å². The van der Waals surface area contributed by atoms with E-state index in [1.807, 2.05) is 35.0 Å². The van der Waals surface area contributed by atoms with Gasteiger partial charge < -0.3 is 34.4 Å². The number of amides is 2. The van der Waals surface area contributed by atoms with Gasteiger partial charge in [0, 0.05) is 112 Å². The van der Waals surface area contributed by atoms with Crippen molar-refractivity contribution in [3.05, 3.63) is 88.5 Å². The molecule has 2 aliphatic carbocycles. The largest absolute Gasteiger partial charge is 0.495 e. The average molecular weight is 947 g/mol. The van der Waals surface area contributed by atoms with E-state index in [1.54, 1.807) is 32.2 Å². The molecule has 16 heteroatoms. The van der Waals surface area contributed by atoms with Gasteiger partial charge in [-0.15, -0.1) is 10.2 Å². The predicted octanol–water partition coefficient (Wildman–Crippen LogP) is 7.46. The minimum atomic E-state index is -0.188. The standard InChI is InChI=1S/C54H66N12O4/c1-35-26-49-37(27-45(35)39-30-56-61(3)31-39)6-5-22-65(49)52-46-32-63(36(2)67)25-19-48(46)66(60-52)42-17-23-62(24-18-42)41-15-20-54(21-16-41)33-64(34-54)51-14-13-47(58-59-51)53(68)57-40-8-11-43(12-9-40)70-44-10-7-38(29-55)50(28-44)69-4/h7,10,13-14,26-28,30-31,40-43H,5-6,8-9,11-12,15-25,32-34H2,1-4H3,(H,57,68). The summed E-state index contributed by atoms with van der Waals surface area (Å²) in [6.45, 7) is 10.3. The van der Waals surface area contributed by atoms with Gasteiger partial charge in [0.2, 0.25) is 5.91 Å². The number of anilines is 3. The minimum absolute atomic E-state index is 0.0398. The lowest BCUT2D eigenvalue weighted by atomic mass is 9.67. The summed E-state index contributed by atoms with van der Waals surface area (Å²) in [6.07, 6.45) is 17.3. The molecule has 1 spiro atoms. The van der Waals surface area contributed by atoms with Gasteiger partial charge in [0.25, 0.3) is 5.91 Å². The fourth-order valence-electron chi connectivity index (χ4n) is 12.6. The molecular weight excluding hydrogens is 881 g/mol. The first-order valence-electron chi connectivity index (χ1n) is 25.7. The topological polar surface area (TPSA) is 163 Å². The Kier molecular flexibility index (Phi) is 12.5. The zero-order chi connectivity index (χ0) is 48.1. The monoisotopic (exact) mass is 947 g/mol. The highest BCUT2D eigenvalue weighted by molar-refractivity contribution is 5.92. The Morgan fingerprint density at radius 2 is 1.70 bits per heavy atom. The number of hydrogen-bond donors (Lipinski definition) is 1. The number of rotatable bonds is 10. The van der Waals surface area contributed by atoms with Crippen molar-refractivity contribution in [2.45, 2.75) is 128 Å². The molecule has 11 rings (SSSR count). The highest BCUT2D eigenvalue weighted by atomic mass is 16.5. The number of carbonyl (C=O) groups excluding carboxylic acids is 2. The van der Waals surface area contributed by atoms with Crippen LogP contribution in [0.4, 0.5) is 17.3 Å². The summed E-state index contributed by atoms with van der Waals surface area (Å²) in [7, 11) is 3.52. The Morgan fingerprint density at radius 1 is 0.900 bits per heavy atom. The number of benzene rings is 2. The maximum absolute atomic E-state index is 13.2. The van der Waals surface area contributed by atoms with Gasteiger partial charge in [0.15, 0.2) is 17.3 Å². The molecular formula is C54H66N12O4. The van der Waals surface area contributed by atoms with E-state index >= 15 is 0 Å². The van der Waals surface area contributed by atoms with E-state index in [1.165, 1.54) is 59.3 Å². The van der Waals surface area contributed by atoms with Crippen molar-refractivity contribution in [1.82, 2.24) is 44.9 Å². The molecule has 6 aliphatic rings. The molecule has 70 heavy (non-hydrogen) atoms. The van der Waals surface area contributed by atoms with Crippen molar-refractivity contribution < 1.29 is 19.1 Å². The number of likely N-dealkylation sites (tertiary alicyclic amines) is 1. The number of nitrogens with one attached hydrogen (secondary N) is 1. The number of nitrogens with zero attached hydrogens (tertiary/aromatic N) is 11. The Bertz CT molecular complexity index is 2780. The fourth-order valence-corrected chi connectivity index (χ4v) is 12.6. The van der Waals surface area contributed by atoms with E-state index < -0.39 is 0 Å². The van der Waals surface area contributed by atoms with Gasteiger partial charge in [-0.2, -0.15) is 15.5 Å². The first-order chi connectivity index (χ1) is 34.0. The van der Waals surface area contributed by atoms with Crippen LogP contribution >= 0.6 is 0 Å². The van der Waals surface area contributed by atoms with Gasteiger partial charge in [0.1, 0.15) is 17.6 Å². The van der Waals surface area contributed by atoms with Gasteiger partial charge in [-0.05, 0) is 137 Å². The second kappa shape index (κ2) is 19.0. The third-order valence-electron chi connectivity index (χ3n) is 16.6.